The molecule has 1 aromatic heterocycles. The summed E-state index contributed by atoms with van der Waals surface area (Å²) < 4.78 is 0. The van der Waals surface area contributed by atoms with Gasteiger partial charge in [-0.3, -0.25) is 4.98 Å². The smallest absolute Gasteiger partial charge is 0.189 e. The SMILES string of the molecule is CC(C)(C)NC(N)=NCc1ccncc1. The quantitative estimate of drug-likeness (QED) is 0.566. The molecule has 0 fully saturated rings. The third kappa shape index (κ3) is 5.00. The molecular weight excluding hydrogens is 188 g/mol. The van der Waals surface area contributed by atoms with Gasteiger partial charge in [0.1, 0.15) is 0 Å². The molecule has 0 amide bonds. The number of hydrogen-bond donors (Lipinski definition) is 2. The second-order valence-corrected chi connectivity index (χ2v) is 4.43. The van der Waals surface area contributed by atoms with Gasteiger partial charge in [0.05, 0.1) is 6.54 Å². The van der Waals surface area contributed by atoms with E-state index >= 15 is 0 Å². The molecule has 0 spiro atoms. The molecule has 4 heteroatoms. The van der Waals surface area contributed by atoms with Crippen LogP contribution in [-0.4, -0.2) is 16.5 Å². The minimum Gasteiger partial charge on any atom is -0.370 e. The molecule has 0 saturated heterocycles. The lowest BCUT2D eigenvalue weighted by molar-refractivity contribution is 0.508. The van der Waals surface area contributed by atoms with Gasteiger partial charge >= 0.3 is 0 Å². The van der Waals surface area contributed by atoms with Crippen LogP contribution in [0.25, 0.3) is 0 Å². The summed E-state index contributed by atoms with van der Waals surface area (Å²) in [6.45, 7) is 6.71. The Hall–Kier alpha value is -1.58. The average Bonchev–Trinajstić information content (AvgIpc) is 2.14. The number of pyridine rings is 1. The molecule has 82 valence electrons. The average molecular weight is 206 g/mol. The van der Waals surface area contributed by atoms with E-state index in [2.05, 4.69) is 15.3 Å². The molecule has 4 nitrogen and oxygen atoms in total. The summed E-state index contributed by atoms with van der Waals surface area (Å²) in [5.41, 5.74) is 6.78. The predicted octanol–water partition coefficient (Wildman–Crippen LogP) is 1.28. The summed E-state index contributed by atoms with van der Waals surface area (Å²) >= 11 is 0. The molecule has 15 heavy (non-hydrogen) atoms. The van der Waals surface area contributed by atoms with Gasteiger partial charge in [-0.2, -0.15) is 0 Å². The van der Waals surface area contributed by atoms with E-state index < -0.39 is 0 Å². The number of nitrogens with zero attached hydrogens (tertiary/aromatic N) is 2. The molecule has 0 aliphatic heterocycles. The van der Waals surface area contributed by atoms with Crippen molar-refractivity contribution in [2.75, 3.05) is 0 Å². The highest BCUT2D eigenvalue weighted by Gasteiger charge is 2.09. The van der Waals surface area contributed by atoms with Crippen LogP contribution in [0.5, 0.6) is 0 Å². The zero-order chi connectivity index (χ0) is 11.3. The van der Waals surface area contributed by atoms with E-state index in [0.717, 1.165) is 5.56 Å². The van der Waals surface area contributed by atoms with E-state index in [-0.39, 0.29) is 5.54 Å². The number of rotatable bonds is 2. The van der Waals surface area contributed by atoms with E-state index in [0.29, 0.717) is 12.5 Å². The summed E-state index contributed by atoms with van der Waals surface area (Å²) in [5, 5.41) is 3.10. The molecule has 0 radical (unpaired) electrons. The fraction of sp³-hybridized carbons (Fsp3) is 0.455. The third-order valence-corrected chi connectivity index (χ3v) is 1.68. The third-order valence-electron chi connectivity index (χ3n) is 1.68. The molecular formula is C11H18N4. The lowest BCUT2D eigenvalue weighted by atomic mass is 10.1. The highest BCUT2D eigenvalue weighted by molar-refractivity contribution is 5.78. The number of aliphatic imine (C=N–C) groups is 1. The van der Waals surface area contributed by atoms with Crippen LogP contribution in [0, 0.1) is 0 Å². The van der Waals surface area contributed by atoms with Crippen LogP contribution < -0.4 is 11.1 Å². The number of aromatic nitrogens is 1. The summed E-state index contributed by atoms with van der Waals surface area (Å²) in [5.74, 6) is 0.472. The van der Waals surface area contributed by atoms with Crippen LogP contribution in [0.1, 0.15) is 26.3 Å². The maximum atomic E-state index is 5.73. The second-order valence-electron chi connectivity index (χ2n) is 4.43. The molecule has 1 heterocycles. The van der Waals surface area contributed by atoms with Gasteiger partial charge in [0.25, 0.3) is 0 Å². The zero-order valence-electron chi connectivity index (χ0n) is 9.49. The molecule has 0 saturated carbocycles. The molecule has 1 aromatic rings. The molecule has 0 bridgehead atoms. The molecule has 0 atom stereocenters. The minimum atomic E-state index is -0.0498. The Morgan fingerprint density at radius 1 is 1.40 bits per heavy atom. The van der Waals surface area contributed by atoms with E-state index in [9.17, 15) is 0 Å². The number of hydrogen-bond acceptors (Lipinski definition) is 2. The van der Waals surface area contributed by atoms with E-state index in [4.69, 9.17) is 5.73 Å². The van der Waals surface area contributed by atoms with Crippen LogP contribution in [0.3, 0.4) is 0 Å². The van der Waals surface area contributed by atoms with Crippen molar-refractivity contribution in [3.05, 3.63) is 30.1 Å². The zero-order valence-corrected chi connectivity index (χ0v) is 9.49. The van der Waals surface area contributed by atoms with Gasteiger partial charge in [-0.25, -0.2) is 4.99 Å². The van der Waals surface area contributed by atoms with Crippen LogP contribution >= 0.6 is 0 Å². The fourth-order valence-corrected chi connectivity index (χ4v) is 1.09. The summed E-state index contributed by atoms with van der Waals surface area (Å²) in [7, 11) is 0. The summed E-state index contributed by atoms with van der Waals surface area (Å²) in [4.78, 5) is 8.17. The Kier molecular flexibility index (Phi) is 3.66. The molecule has 0 aliphatic rings. The Balaban J connectivity index is 2.51. The highest BCUT2D eigenvalue weighted by Crippen LogP contribution is 2.00. The molecule has 0 aliphatic carbocycles. The van der Waals surface area contributed by atoms with Crippen LogP contribution in [-0.2, 0) is 6.54 Å². The lowest BCUT2D eigenvalue weighted by Crippen LogP contribution is -2.44. The first kappa shape index (κ1) is 11.5. The van der Waals surface area contributed by atoms with Crippen molar-refractivity contribution in [1.82, 2.24) is 10.3 Å². The van der Waals surface area contributed by atoms with E-state index in [1.807, 2.05) is 32.9 Å². The fourth-order valence-electron chi connectivity index (χ4n) is 1.09. The maximum Gasteiger partial charge on any atom is 0.189 e. The monoisotopic (exact) mass is 206 g/mol. The first-order valence-corrected chi connectivity index (χ1v) is 4.94. The van der Waals surface area contributed by atoms with Crippen molar-refractivity contribution in [1.29, 1.82) is 0 Å². The van der Waals surface area contributed by atoms with Gasteiger partial charge in [-0.05, 0) is 38.5 Å². The van der Waals surface area contributed by atoms with Crippen molar-refractivity contribution in [2.24, 2.45) is 10.7 Å². The Bertz CT molecular complexity index is 324. The van der Waals surface area contributed by atoms with Crippen molar-refractivity contribution in [2.45, 2.75) is 32.9 Å². The molecule has 0 unspecified atom stereocenters. The highest BCUT2D eigenvalue weighted by atomic mass is 15.1. The van der Waals surface area contributed by atoms with Crippen molar-refractivity contribution >= 4 is 5.96 Å². The normalized spacial score (nSPS) is 12.6. The Labute approximate surface area is 90.6 Å². The maximum absolute atomic E-state index is 5.73. The van der Waals surface area contributed by atoms with Gasteiger partial charge in [0, 0.05) is 17.9 Å². The first-order valence-electron chi connectivity index (χ1n) is 4.94. The van der Waals surface area contributed by atoms with Gasteiger partial charge in [0.15, 0.2) is 5.96 Å². The molecule has 3 N–H and O–H groups in total. The van der Waals surface area contributed by atoms with Crippen LogP contribution in [0.2, 0.25) is 0 Å². The summed E-state index contributed by atoms with van der Waals surface area (Å²) in [6, 6.07) is 3.85. The standard InChI is InChI=1S/C11H18N4/c1-11(2,3)15-10(12)14-8-9-4-6-13-7-5-9/h4-7H,8H2,1-3H3,(H3,12,14,15). The summed E-state index contributed by atoms with van der Waals surface area (Å²) in [6.07, 6.45) is 3.50. The molecule has 1 rings (SSSR count). The van der Waals surface area contributed by atoms with Crippen molar-refractivity contribution in [3.63, 3.8) is 0 Å². The van der Waals surface area contributed by atoms with Crippen LogP contribution in [0.15, 0.2) is 29.5 Å². The van der Waals surface area contributed by atoms with Crippen molar-refractivity contribution < 1.29 is 0 Å². The van der Waals surface area contributed by atoms with Crippen molar-refractivity contribution in [3.8, 4) is 0 Å². The molecule has 0 aromatic carbocycles. The van der Waals surface area contributed by atoms with Gasteiger partial charge < -0.3 is 11.1 Å². The Morgan fingerprint density at radius 2 is 2.00 bits per heavy atom. The number of nitrogens with one attached hydrogen (secondary N) is 1. The van der Waals surface area contributed by atoms with Crippen LogP contribution in [0.4, 0.5) is 0 Å². The largest absolute Gasteiger partial charge is 0.370 e. The predicted molar refractivity (Wildman–Crippen MR) is 62.5 cm³/mol. The van der Waals surface area contributed by atoms with Gasteiger partial charge in [-0.1, -0.05) is 0 Å². The second kappa shape index (κ2) is 4.77. The van der Waals surface area contributed by atoms with Gasteiger partial charge in [-0.15, -0.1) is 0 Å². The van der Waals surface area contributed by atoms with E-state index in [1.54, 1.807) is 12.4 Å². The lowest BCUT2D eigenvalue weighted by Gasteiger charge is -2.20. The number of nitrogens with two attached hydrogens (primary N) is 1. The first-order chi connectivity index (χ1) is 6.97. The minimum absolute atomic E-state index is 0.0498. The number of guanidine groups is 1. The topological polar surface area (TPSA) is 63.3 Å². The van der Waals surface area contributed by atoms with E-state index in [1.165, 1.54) is 0 Å². The van der Waals surface area contributed by atoms with Gasteiger partial charge in [0.2, 0.25) is 0 Å². The Morgan fingerprint density at radius 3 is 2.53 bits per heavy atom.